The highest BCUT2D eigenvalue weighted by Crippen LogP contribution is 2.33. The monoisotopic (exact) mass is 242 g/mol. The normalized spacial score (nSPS) is 12.2. The largest absolute Gasteiger partial charge is 0.490 e. The number of halogens is 1. The van der Waals surface area contributed by atoms with Crippen LogP contribution >= 0.6 is 11.6 Å². The second kappa shape index (κ2) is 6.64. The third kappa shape index (κ3) is 3.31. The zero-order valence-corrected chi connectivity index (χ0v) is 10.9. The van der Waals surface area contributed by atoms with Crippen LogP contribution in [0, 0.1) is 0 Å². The Balaban J connectivity index is 2.96. The first-order valence-electron chi connectivity index (χ1n) is 5.76. The van der Waals surface area contributed by atoms with Crippen molar-refractivity contribution < 1.29 is 9.47 Å². The van der Waals surface area contributed by atoms with E-state index in [4.69, 9.17) is 21.1 Å². The van der Waals surface area contributed by atoms with E-state index in [0.717, 1.165) is 23.5 Å². The Labute approximate surface area is 103 Å². The van der Waals surface area contributed by atoms with Gasteiger partial charge in [0.25, 0.3) is 0 Å². The summed E-state index contributed by atoms with van der Waals surface area (Å²) in [5, 5.41) is 0.0369. The van der Waals surface area contributed by atoms with Crippen LogP contribution in [0.15, 0.2) is 18.2 Å². The fourth-order valence-electron chi connectivity index (χ4n) is 1.50. The minimum atomic E-state index is 0.0369. The fourth-order valence-corrected chi connectivity index (χ4v) is 1.63. The van der Waals surface area contributed by atoms with Crippen LogP contribution in [-0.2, 0) is 0 Å². The quantitative estimate of drug-likeness (QED) is 0.697. The third-order valence-corrected chi connectivity index (χ3v) is 2.85. The molecule has 1 rings (SSSR count). The van der Waals surface area contributed by atoms with Crippen LogP contribution in [0.4, 0.5) is 0 Å². The van der Waals surface area contributed by atoms with Gasteiger partial charge in [0, 0.05) is 0 Å². The Morgan fingerprint density at radius 3 is 2.25 bits per heavy atom. The lowest BCUT2D eigenvalue weighted by atomic mass is 10.1. The highest BCUT2D eigenvalue weighted by Gasteiger charge is 2.10. The van der Waals surface area contributed by atoms with Crippen molar-refractivity contribution in [1.82, 2.24) is 0 Å². The van der Waals surface area contributed by atoms with E-state index in [1.165, 1.54) is 0 Å². The summed E-state index contributed by atoms with van der Waals surface area (Å²) in [6.07, 6.45) is 0.904. The maximum atomic E-state index is 6.20. The van der Waals surface area contributed by atoms with Gasteiger partial charge in [0.05, 0.1) is 18.6 Å². The van der Waals surface area contributed by atoms with Gasteiger partial charge in [0.2, 0.25) is 0 Å². The average molecular weight is 243 g/mol. The number of alkyl halides is 1. The number of rotatable bonds is 6. The van der Waals surface area contributed by atoms with Gasteiger partial charge < -0.3 is 9.47 Å². The lowest BCUT2D eigenvalue weighted by molar-refractivity contribution is 0.287. The summed E-state index contributed by atoms with van der Waals surface area (Å²) in [6, 6.07) is 5.89. The zero-order chi connectivity index (χ0) is 12.0. The molecule has 90 valence electrons. The molecule has 1 aromatic carbocycles. The predicted octanol–water partition coefficient (Wildman–Crippen LogP) is 4.17. The Morgan fingerprint density at radius 2 is 1.69 bits per heavy atom. The molecule has 0 amide bonds. The molecule has 0 radical (unpaired) electrons. The highest BCUT2D eigenvalue weighted by atomic mass is 35.5. The van der Waals surface area contributed by atoms with Crippen LogP contribution in [0.25, 0.3) is 0 Å². The molecule has 0 heterocycles. The summed E-state index contributed by atoms with van der Waals surface area (Å²) in [5.41, 5.74) is 1.08. The van der Waals surface area contributed by atoms with Crippen LogP contribution < -0.4 is 9.47 Å². The molecule has 0 bridgehead atoms. The van der Waals surface area contributed by atoms with Gasteiger partial charge in [-0.3, -0.25) is 0 Å². The Morgan fingerprint density at radius 1 is 1.06 bits per heavy atom. The van der Waals surface area contributed by atoms with Crippen LogP contribution in [0.3, 0.4) is 0 Å². The predicted molar refractivity (Wildman–Crippen MR) is 67.7 cm³/mol. The maximum absolute atomic E-state index is 6.20. The van der Waals surface area contributed by atoms with E-state index < -0.39 is 0 Å². The van der Waals surface area contributed by atoms with Crippen molar-refractivity contribution in [2.75, 3.05) is 13.2 Å². The van der Waals surface area contributed by atoms with Gasteiger partial charge in [-0.05, 0) is 38.0 Å². The van der Waals surface area contributed by atoms with E-state index in [0.29, 0.717) is 13.2 Å². The van der Waals surface area contributed by atoms with Crippen LogP contribution in [0.2, 0.25) is 0 Å². The van der Waals surface area contributed by atoms with Crippen molar-refractivity contribution >= 4 is 11.6 Å². The lowest BCUT2D eigenvalue weighted by Gasteiger charge is -2.14. The maximum Gasteiger partial charge on any atom is 0.161 e. The van der Waals surface area contributed by atoms with Crippen molar-refractivity contribution in [3.05, 3.63) is 23.8 Å². The molecule has 16 heavy (non-hydrogen) atoms. The fraction of sp³-hybridized carbons (Fsp3) is 0.538. The molecule has 2 nitrogen and oxygen atoms in total. The van der Waals surface area contributed by atoms with Crippen molar-refractivity contribution in [2.45, 2.75) is 32.6 Å². The van der Waals surface area contributed by atoms with Crippen LogP contribution in [-0.4, -0.2) is 13.2 Å². The molecule has 0 aromatic heterocycles. The number of hydrogen-bond donors (Lipinski definition) is 0. The van der Waals surface area contributed by atoms with Crippen LogP contribution in [0.5, 0.6) is 11.5 Å². The molecule has 1 unspecified atom stereocenters. The zero-order valence-electron chi connectivity index (χ0n) is 10.1. The molecule has 0 saturated heterocycles. The standard InChI is InChI=1S/C13H19ClO2/c1-4-11(14)10-7-8-12(15-5-2)13(9-10)16-6-3/h7-9,11H,4-6H2,1-3H3. The summed E-state index contributed by atoms with van der Waals surface area (Å²) >= 11 is 6.20. The first-order chi connectivity index (χ1) is 7.72. The average Bonchev–Trinajstić information content (AvgIpc) is 2.31. The SMILES string of the molecule is CCOc1ccc(C(Cl)CC)cc1OCC. The smallest absolute Gasteiger partial charge is 0.161 e. The molecule has 1 atom stereocenters. The molecule has 1 aromatic rings. The number of benzene rings is 1. The molecule has 0 fully saturated rings. The van der Waals surface area contributed by atoms with Gasteiger partial charge in [0.15, 0.2) is 11.5 Å². The lowest BCUT2D eigenvalue weighted by Crippen LogP contribution is -1.99. The molecule has 0 aliphatic rings. The first kappa shape index (κ1) is 13.2. The van der Waals surface area contributed by atoms with Crippen molar-refractivity contribution in [3.63, 3.8) is 0 Å². The minimum absolute atomic E-state index is 0.0369. The van der Waals surface area contributed by atoms with Crippen molar-refractivity contribution in [1.29, 1.82) is 0 Å². The molecule has 0 aliphatic carbocycles. The van der Waals surface area contributed by atoms with Crippen LogP contribution in [0.1, 0.15) is 38.1 Å². The van der Waals surface area contributed by atoms with E-state index in [9.17, 15) is 0 Å². The molecule has 0 saturated carbocycles. The Bertz CT molecular complexity index is 326. The van der Waals surface area contributed by atoms with Gasteiger partial charge in [-0.2, -0.15) is 0 Å². The van der Waals surface area contributed by atoms with E-state index >= 15 is 0 Å². The summed E-state index contributed by atoms with van der Waals surface area (Å²) < 4.78 is 11.0. The first-order valence-corrected chi connectivity index (χ1v) is 6.20. The molecular weight excluding hydrogens is 224 g/mol. The van der Waals surface area contributed by atoms with Gasteiger partial charge in [-0.15, -0.1) is 11.6 Å². The molecule has 0 N–H and O–H groups in total. The van der Waals surface area contributed by atoms with E-state index in [-0.39, 0.29) is 5.38 Å². The summed E-state index contributed by atoms with van der Waals surface area (Å²) in [7, 11) is 0. The summed E-state index contributed by atoms with van der Waals surface area (Å²) in [6.45, 7) is 7.25. The van der Waals surface area contributed by atoms with Gasteiger partial charge in [0.1, 0.15) is 0 Å². The Hall–Kier alpha value is -0.890. The van der Waals surface area contributed by atoms with E-state index in [1.54, 1.807) is 0 Å². The number of hydrogen-bond acceptors (Lipinski definition) is 2. The number of ether oxygens (including phenoxy) is 2. The second-order valence-corrected chi connectivity index (χ2v) is 3.97. The summed E-state index contributed by atoms with van der Waals surface area (Å²) in [5.74, 6) is 1.56. The summed E-state index contributed by atoms with van der Waals surface area (Å²) in [4.78, 5) is 0. The Kier molecular flexibility index (Phi) is 5.47. The van der Waals surface area contributed by atoms with Gasteiger partial charge >= 0.3 is 0 Å². The highest BCUT2D eigenvalue weighted by molar-refractivity contribution is 6.20. The van der Waals surface area contributed by atoms with Gasteiger partial charge in [-0.1, -0.05) is 13.0 Å². The van der Waals surface area contributed by atoms with Crippen molar-refractivity contribution in [2.24, 2.45) is 0 Å². The van der Waals surface area contributed by atoms with Crippen molar-refractivity contribution in [3.8, 4) is 11.5 Å². The topological polar surface area (TPSA) is 18.5 Å². The minimum Gasteiger partial charge on any atom is -0.490 e. The molecule has 0 aliphatic heterocycles. The molecule has 3 heteroatoms. The third-order valence-electron chi connectivity index (χ3n) is 2.29. The second-order valence-electron chi connectivity index (χ2n) is 3.45. The molecule has 0 spiro atoms. The van der Waals surface area contributed by atoms with Gasteiger partial charge in [-0.25, -0.2) is 0 Å². The van der Waals surface area contributed by atoms with E-state index in [1.807, 2.05) is 32.0 Å². The molecular formula is C13H19ClO2. The van der Waals surface area contributed by atoms with E-state index in [2.05, 4.69) is 6.92 Å².